The topological polar surface area (TPSA) is 74.5 Å². The molecule has 9 heteroatoms. The number of ether oxygens (including phenoxy) is 2. The number of hydrogen-bond acceptors (Lipinski definition) is 6. The second-order valence-electron chi connectivity index (χ2n) is 6.28. The van der Waals surface area contributed by atoms with Crippen LogP contribution >= 0.6 is 0 Å². The molecular formula is C20H17F3N2O4. The zero-order valence-electron chi connectivity index (χ0n) is 15.6. The molecule has 0 radical (unpaired) electrons. The van der Waals surface area contributed by atoms with Crippen molar-refractivity contribution in [1.29, 1.82) is 0 Å². The van der Waals surface area contributed by atoms with Gasteiger partial charge < -0.3 is 14.0 Å². The van der Waals surface area contributed by atoms with E-state index < -0.39 is 17.7 Å². The lowest BCUT2D eigenvalue weighted by molar-refractivity contribution is -0.148. The van der Waals surface area contributed by atoms with E-state index in [1.165, 1.54) is 12.1 Å². The lowest BCUT2D eigenvalue weighted by atomic mass is 10.1. The fraction of sp³-hybridized carbons (Fsp3) is 0.250. The van der Waals surface area contributed by atoms with Gasteiger partial charge in [-0.2, -0.15) is 18.2 Å². The number of nitrogens with zero attached hydrogens (tertiary/aromatic N) is 2. The van der Waals surface area contributed by atoms with E-state index >= 15 is 0 Å². The molecule has 0 aliphatic carbocycles. The van der Waals surface area contributed by atoms with Crippen molar-refractivity contribution in [2.24, 2.45) is 0 Å². The summed E-state index contributed by atoms with van der Waals surface area (Å²) in [5.74, 6) is 0.0283. The van der Waals surface area contributed by atoms with Gasteiger partial charge >= 0.3 is 12.1 Å². The minimum atomic E-state index is -4.42. The number of hydrogen-bond donors (Lipinski definition) is 0. The number of aryl methyl sites for hydroxylation is 2. The largest absolute Gasteiger partial charge is 0.482 e. The Hall–Kier alpha value is -3.36. The van der Waals surface area contributed by atoms with Gasteiger partial charge in [-0.1, -0.05) is 23.4 Å². The number of carbonyl (C=O) groups excluding carboxylic acids is 1. The lowest BCUT2D eigenvalue weighted by Gasteiger charge is -2.07. The molecule has 2 aromatic carbocycles. The van der Waals surface area contributed by atoms with E-state index in [-0.39, 0.29) is 24.9 Å². The van der Waals surface area contributed by atoms with E-state index in [9.17, 15) is 18.0 Å². The predicted molar refractivity (Wildman–Crippen MR) is 95.9 cm³/mol. The Morgan fingerprint density at radius 1 is 1.07 bits per heavy atom. The Morgan fingerprint density at radius 3 is 2.45 bits per heavy atom. The minimum Gasteiger partial charge on any atom is -0.482 e. The molecule has 1 aromatic heterocycles. The molecule has 0 fully saturated rings. The second kappa shape index (κ2) is 8.34. The number of benzene rings is 2. The smallest absolute Gasteiger partial charge is 0.416 e. The summed E-state index contributed by atoms with van der Waals surface area (Å²) in [6, 6.07) is 9.78. The Bertz CT molecular complexity index is 998. The molecule has 1 heterocycles. The maximum absolute atomic E-state index is 12.6. The average Bonchev–Trinajstić information content (AvgIpc) is 3.16. The van der Waals surface area contributed by atoms with Crippen LogP contribution in [0.3, 0.4) is 0 Å². The van der Waals surface area contributed by atoms with Gasteiger partial charge in [0.1, 0.15) is 5.75 Å². The molecule has 29 heavy (non-hydrogen) atoms. The molecule has 152 valence electrons. The number of esters is 1. The average molecular weight is 406 g/mol. The molecule has 6 nitrogen and oxygen atoms in total. The third-order valence-electron chi connectivity index (χ3n) is 4.13. The Labute approximate surface area is 164 Å². The first kappa shape index (κ1) is 20.4. The van der Waals surface area contributed by atoms with Gasteiger partial charge in [-0.05, 0) is 49.2 Å². The predicted octanol–water partition coefficient (Wildman–Crippen LogP) is 4.49. The lowest BCUT2D eigenvalue weighted by Crippen LogP contribution is -2.15. The van der Waals surface area contributed by atoms with Crippen LogP contribution in [0.2, 0.25) is 0 Å². The minimum absolute atomic E-state index is 0.0134. The molecule has 0 aliphatic heterocycles. The molecule has 0 saturated carbocycles. The van der Waals surface area contributed by atoms with Crippen molar-refractivity contribution in [3.8, 4) is 17.1 Å². The highest BCUT2D eigenvalue weighted by Crippen LogP contribution is 2.30. The fourth-order valence-electron chi connectivity index (χ4n) is 2.37. The van der Waals surface area contributed by atoms with E-state index in [4.69, 9.17) is 14.0 Å². The Balaban J connectivity index is 1.52. The van der Waals surface area contributed by atoms with Crippen LogP contribution in [0.25, 0.3) is 11.4 Å². The van der Waals surface area contributed by atoms with Gasteiger partial charge in [0.25, 0.3) is 5.89 Å². The normalized spacial score (nSPS) is 11.3. The first-order valence-corrected chi connectivity index (χ1v) is 8.58. The van der Waals surface area contributed by atoms with Crippen LogP contribution < -0.4 is 4.74 Å². The number of aromatic nitrogens is 2. The molecule has 0 saturated heterocycles. The highest BCUT2D eigenvalue weighted by atomic mass is 19.4. The summed E-state index contributed by atoms with van der Waals surface area (Å²) < 4.78 is 53.1. The third kappa shape index (κ3) is 5.34. The second-order valence-corrected chi connectivity index (χ2v) is 6.28. The van der Waals surface area contributed by atoms with Crippen molar-refractivity contribution in [3.05, 3.63) is 65.0 Å². The van der Waals surface area contributed by atoms with Crippen LogP contribution in [0.4, 0.5) is 13.2 Å². The van der Waals surface area contributed by atoms with Crippen LogP contribution in [0.15, 0.2) is 47.0 Å². The maximum Gasteiger partial charge on any atom is 0.416 e. The summed E-state index contributed by atoms with van der Waals surface area (Å²) in [6.07, 6.45) is -4.42. The monoisotopic (exact) mass is 406 g/mol. The van der Waals surface area contributed by atoms with Gasteiger partial charge in [0.15, 0.2) is 13.2 Å². The first-order valence-electron chi connectivity index (χ1n) is 8.58. The fourth-order valence-corrected chi connectivity index (χ4v) is 2.37. The van der Waals surface area contributed by atoms with E-state index in [1.54, 1.807) is 6.07 Å². The molecule has 0 aliphatic rings. The summed E-state index contributed by atoms with van der Waals surface area (Å²) in [5, 5.41) is 3.68. The molecular weight excluding hydrogens is 389 g/mol. The highest BCUT2D eigenvalue weighted by Gasteiger charge is 2.30. The molecule has 0 spiro atoms. The molecule has 0 N–H and O–H groups in total. The van der Waals surface area contributed by atoms with Crippen molar-refractivity contribution >= 4 is 5.97 Å². The zero-order valence-corrected chi connectivity index (χ0v) is 15.6. The van der Waals surface area contributed by atoms with E-state index in [1.807, 2.05) is 26.0 Å². The van der Waals surface area contributed by atoms with Gasteiger partial charge in [-0.15, -0.1) is 0 Å². The number of alkyl halides is 3. The van der Waals surface area contributed by atoms with Gasteiger partial charge in [0.05, 0.1) is 5.56 Å². The molecule has 0 bridgehead atoms. The molecule has 3 aromatic rings. The van der Waals surface area contributed by atoms with Crippen molar-refractivity contribution in [2.45, 2.75) is 26.6 Å². The van der Waals surface area contributed by atoms with E-state index in [2.05, 4.69) is 10.1 Å². The molecule has 0 unspecified atom stereocenters. The molecule has 0 amide bonds. The van der Waals surface area contributed by atoms with Gasteiger partial charge in [-0.25, -0.2) is 4.79 Å². The van der Waals surface area contributed by atoms with Crippen molar-refractivity contribution in [1.82, 2.24) is 10.1 Å². The third-order valence-corrected chi connectivity index (χ3v) is 4.13. The van der Waals surface area contributed by atoms with E-state index in [0.717, 1.165) is 23.3 Å². The van der Waals surface area contributed by atoms with Gasteiger partial charge in [0.2, 0.25) is 5.82 Å². The zero-order chi connectivity index (χ0) is 21.0. The number of halogens is 3. The summed E-state index contributed by atoms with van der Waals surface area (Å²) in [4.78, 5) is 15.8. The van der Waals surface area contributed by atoms with Gasteiger partial charge in [0, 0.05) is 5.56 Å². The molecule has 0 atom stereocenters. The SMILES string of the molecule is Cc1ccc(OCC(=O)OCc2nc(-c3ccc(C(F)(F)F)cc3)no2)cc1C. The standard InChI is InChI=1S/C20H17F3N2O4/c1-12-3-8-16(9-13(12)2)27-11-18(26)28-10-17-24-19(25-29-17)14-4-6-15(7-5-14)20(21,22)23/h3-9H,10-11H2,1-2H3. The van der Waals surface area contributed by atoms with Gasteiger partial charge in [-0.3, -0.25) is 0 Å². The van der Waals surface area contributed by atoms with Crippen LogP contribution in [-0.2, 0) is 22.3 Å². The summed E-state index contributed by atoms with van der Waals surface area (Å²) in [6.45, 7) is 3.34. The van der Waals surface area contributed by atoms with Crippen LogP contribution in [0.1, 0.15) is 22.6 Å². The maximum atomic E-state index is 12.6. The summed E-state index contributed by atoms with van der Waals surface area (Å²) >= 11 is 0. The number of rotatable bonds is 6. The van der Waals surface area contributed by atoms with Crippen molar-refractivity contribution in [2.75, 3.05) is 6.61 Å². The van der Waals surface area contributed by atoms with Crippen molar-refractivity contribution < 1.29 is 32.0 Å². The van der Waals surface area contributed by atoms with Crippen LogP contribution in [-0.4, -0.2) is 22.7 Å². The molecule has 3 rings (SSSR count). The Morgan fingerprint density at radius 2 is 1.79 bits per heavy atom. The van der Waals surface area contributed by atoms with Crippen LogP contribution in [0.5, 0.6) is 5.75 Å². The summed E-state index contributed by atoms with van der Waals surface area (Å²) in [7, 11) is 0. The number of carbonyl (C=O) groups is 1. The summed E-state index contributed by atoms with van der Waals surface area (Å²) in [5.41, 5.74) is 1.72. The quantitative estimate of drug-likeness (QED) is 0.562. The van der Waals surface area contributed by atoms with Crippen molar-refractivity contribution in [3.63, 3.8) is 0 Å². The van der Waals surface area contributed by atoms with Crippen LogP contribution in [0, 0.1) is 13.8 Å². The highest BCUT2D eigenvalue weighted by molar-refractivity contribution is 5.71. The Kier molecular flexibility index (Phi) is 5.86. The first-order chi connectivity index (χ1) is 13.7. The van der Waals surface area contributed by atoms with E-state index in [0.29, 0.717) is 11.3 Å².